The quantitative estimate of drug-likeness (QED) is 0.345. The Kier molecular flexibility index (Phi) is 6.70. The zero-order chi connectivity index (χ0) is 23.2. The van der Waals surface area contributed by atoms with Crippen LogP contribution in [0, 0.1) is 5.82 Å². The lowest BCUT2D eigenvalue weighted by Gasteiger charge is -2.24. The summed E-state index contributed by atoms with van der Waals surface area (Å²) in [6, 6.07) is 17.7. The second-order valence-corrected chi connectivity index (χ2v) is 7.41. The summed E-state index contributed by atoms with van der Waals surface area (Å²) in [4.78, 5) is 36.0. The minimum atomic E-state index is -0.801. The van der Waals surface area contributed by atoms with Crippen molar-refractivity contribution >= 4 is 35.0 Å². The fraction of sp³-hybridized carbons (Fsp3) is 0.0833. The topological polar surface area (TPSA) is 80.8 Å². The Balaban J connectivity index is 1.59. The summed E-state index contributed by atoms with van der Waals surface area (Å²) in [6.07, 6.45) is 3.68. The van der Waals surface area contributed by atoms with E-state index in [0.29, 0.717) is 11.1 Å². The third kappa shape index (κ3) is 5.21. The molecule has 3 aromatic rings. The van der Waals surface area contributed by atoms with Crippen LogP contribution in [0.2, 0.25) is 0 Å². The fourth-order valence-corrected chi connectivity index (χ4v) is 3.49. The Morgan fingerprint density at radius 2 is 1.88 bits per heavy atom. The molecule has 1 aromatic heterocycles. The van der Waals surface area contributed by atoms with Crippen molar-refractivity contribution in [1.29, 1.82) is 0 Å². The van der Waals surface area contributed by atoms with Gasteiger partial charge in [0.1, 0.15) is 17.4 Å². The average Bonchev–Trinajstić information content (AvgIpc) is 3.23. The molecule has 4 rings (SSSR count). The molecule has 33 heavy (non-hydrogen) atoms. The van der Waals surface area contributed by atoms with Crippen LogP contribution in [-0.4, -0.2) is 33.5 Å². The largest absolute Gasteiger partial charge is 0.447 e. The molecule has 0 spiro atoms. The number of halogens is 1. The minimum absolute atomic E-state index is 0.0995. The lowest BCUT2D eigenvalue weighted by atomic mass is 10.0. The molecule has 0 bridgehead atoms. The molecule has 1 N–H and O–H groups in total. The summed E-state index contributed by atoms with van der Waals surface area (Å²) in [6.45, 7) is 0.127. The number of carbonyl (C=O) groups excluding carboxylic acids is 2. The number of hydrogen-bond donors (Lipinski definition) is 1. The molecule has 1 aliphatic rings. The van der Waals surface area contributed by atoms with Crippen molar-refractivity contribution in [2.24, 2.45) is 0 Å². The molecule has 7 nitrogen and oxygen atoms in total. The van der Waals surface area contributed by atoms with Crippen molar-refractivity contribution in [2.75, 3.05) is 6.61 Å². The van der Waals surface area contributed by atoms with Gasteiger partial charge in [0.25, 0.3) is 0 Å². The minimum Gasteiger partial charge on any atom is -0.447 e. The highest BCUT2D eigenvalue weighted by atomic mass is 32.1. The summed E-state index contributed by atoms with van der Waals surface area (Å²) in [7, 11) is 0. The van der Waals surface area contributed by atoms with E-state index in [4.69, 9.17) is 21.8 Å². The molecule has 1 atom stereocenters. The van der Waals surface area contributed by atoms with Gasteiger partial charge in [-0.05, 0) is 42.0 Å². The van der Waals surface area contributed by atoms with Gasteiger partial charge < -0.3 is 9.57 Å². The normalized spacial score (nSPS) is 15.7. The number of benzene rings is 2. The fourth-order valence-electron chi connectivity index (χ4n) is 3.31. The first-order valence-corrected chi connectivity index (χ1v) is 10.3. The van der Waals surface area contributed by atoms with Crippen molar-refractivity contribution < 1.29 is 23.6 Å². The van der Waals surface area contributed by atoms with E-state index in [1.165, 1.54) is 41.4 Å². The first kappa shape index (κ1) is 22.1. The maximum atomic E-state index is 13.1. The molecule has 166 valence electrons. The second kappa shape index (κ2) is 10.0. The molecule has 0 unspecified atom stereocenters. The number of cyclic esters (lactones) is 1. The zero-order valence-electron chi connectivity index (χ0n) is 17.2. The van der Waals surface area contributed by atoms with Gasteiger partial charge in [-0.2, -0.15) is 0 Å². The third-order valence-electron chi connectivity index (χ3n) is 4.88. The van der Waals surface area contributed by atoms with Crippen LogP contribution in [0.4, 0.5) is 9.18 Å². The van der Waals surface area contributed by atoms with E-state index >= 15 is 0 Å². The first-order chi connectivity index (χ1) is 16.0. The highest BCUT2D eigenvalue weighted by Gasteiger charge is 2.37. The Morgan fingerprint density at radius 1 is 1.12 bits per heavy atom. The van der Waals surface area contributed by atoms with Gasteiger partial charge >= 0.3 is 12.1 Å². The average molecular weight is 463 g/mol. The van der Waals surface area contributed by atoms with Gasteiger partial charge in [0.15, 0.2) is 0 Å². The molecule has 1 amide bonds. The Labute approximate surface area is 194 Å². The highest BCUT2D eigenvalue weighted by molar-refractivity contribution is 7.80. The zero-order valence-corrected chi connectivity index (χ0v) is 18.0. The van der Waals surface area contributed by atoms with Crippen LogP contribution < -0.4 is 5.48 Å². The molecule has 0 aliphatic carbocycles. The van der Waals surface area contributed by atoms with Crippen molar-refractivity contribution in [3.05, 3.63) is 108 Å². The van der Waals surface area contributed by atoms with Crippen LogP contribution in [-0.2, 0) is 14.4 Å². The summed E-state index contributed by atoms with van der Waals surface area (Å²) in [5.41, 5.74) is 4.49. The number of thiocarbonyl (C=S) groups is 1. The van der Waals surface area contributed by atoms with E-state index in [-0.39, 0.29) is 17.3 Å². The van der Waals surface area contributed by atoms with E-state index in [1.807, 2.05) is 30.3 Å². The van der Waals surface area contributed by atoms with E-state index in [0.717, 1.165) is 5.56 Å². The van der Waals surface area contributed by atoms with Crippen LogP contribution in [0.15, 0.2) is 85.2 Å². The van der Waals surface area contributed by atoms with Crippen LogP contribution in [0.3, 0.4) is 0 Å². The van der Waals surface area contributed by atoms with Crippen LogP contribution in [0.5, 0.6) is 0 Å². The Bertz CT molecular complexity index is 1190. The van der Waals surface area contributed by atoms with Gasteiger partial charge in [0, 0.05) is 23.5 Å². The van der Waals surface area contributed by atoms with Crippen LogP contribution >= 0.6 is 12.2 Å². The number of nitrogens with zero attached hydrogens (tertiary/aromatic N) is 2. The summed E-state index contributed by atoms with van der Waals surface area (Å²) in [5.74, 6) is -1.21. The molecule has 0 radical (unpaired) electrons. The number of pyridine rings is 1. The molecular weight excluding hydrogens is 445 g/mol. The van der Waals surface area contributed by atoms with Gasteiger partial charge in [0.2, 0.25) is 0 Å². The monoisotopic (exact) mass is 463 g/mol. The maximum Gasteiger partial charge on any atom is 0.415 e. The van der Waals surface area contributed by atoms with Gasteiger partial charge in [-0.25, -0.2) is 19.5 Å². The summed E-state index contributed by atoms with van der Waals surface area (Å²) in [5, 5.41) is 0. The van der Waals surface area contributed by atoms with Crippen molar-refractivity contribution in [1.82, 2.24) is 15.4 Å². The number of aromatic nitrogens is 1. The van der Waals surface area contributed by atoms with Crippen molar-refractivity contribution in [2.45, 2.75) is 6.04 Å². The number of hydrogen-bond acceptors (Lipinski definition) is 6. The van der Waals surface area contributed by atoms with E-state index in [2.05, 4.69) is 10.5 Å². The number of carbonyl (C=O) groups is 2. The van der Waals surface area contributed by atoms with Gasteiger partial charge in [-0.3, -0.25) is 9.88 Å². The SMILES string of the molecule is O=C(C=C(c1cccnc1)N1C(=O)OC[C@H]1c1ccccc1)ONC(=S)c1ccc(F)cc1. The molecular formula is C24H18FN3O4S. The molecule has 1 saturated heterocycles. The van der Waals surface area contributed by atoms with Gasteiger partial charge in [0.05, 0.1) is 17.8 Å². The number of rotatable bonds is 5. The third-order valence-corrected chi connectivity index (χ3v) is 5.20. The Morgan fingerprint density at radius 3 is 2.58 bits per heavy atom. The molecule has 2 aromatic carbocycles. The lowest BCUT2D eigenvalue weighted by Crippen LogP contribution is -2.29. The number of nitrogens with one attached hydrogen (secondary N) is 1. The molecule has 2 heterocycles. The second-order valence-electron chi connectivity index (χ2n) is 7.00. The van der Waals surface area contributed by atoms with E-state index in [9.17, 15) is 14.0 Å². The number of amides is 1. The maximum absolute atomic E-state index is 13.1. The van der Waals surface area contributed by atoms with E-state index < -0.39 is 23.9 Å². The van der Waals surface area contributed by atoms with Crippen LogP contribution in [0.25, 0.3) is 5.70 Å². The standard InChI is InChI=1S/C24H18FN3O4S/c25-19-10-8-17(9-11-19)23(33)27-32-22(29)13-20(18-7-4-12-26-14-18)28-21(15-31-24(28)30)16-5-2-1-3-6-16/h1-14,21H,15H2,(H,27,33)/t21-/m0/s1. The molecule has 1 fully saturated rings. The highest BCUT2D eigenvalue weighted by Crippen LogP contribution is 2.35. The van der Waals surface area contributed by atoms with Gasteiger partial charge in [-0.15, -0.1) is 0 Å². The summed E-state index contributed by atoms with van der Waals surface area (Å²) < 4.78 is 18.4. The van der Waals surface area contributed by atoms with Crippen molar-refractivity contribution in [3.63, 3.8) is 0 Å². The van der Waals surface area contributed by atoms with Crippen molar-refractivity contribution in [3.8, 4) is 0 Å². The molecule has 0 saturated carbocycles. The number of ether oxygens (including phenoxy) is 1. The molecule has 1 aliphatic heterocycles. The Hall–Kier alpha value is -4.11. The predicted octanol–water partition coefficient (Wildman–Crippen LogP) is 4.18. The number of hydroxylamine groups is 1. The first-order valence-electron chi connectivity index (χ1n) is 9.92. The van der Waals surface area contributed by atoms with Crippen LogP contribution in [0.1, 0.15) is 22.7 Å². The van der Waals surface area contributed by atoms with E-state index in [1.54, 1.807) is 18.3 Å². The molecule has 9 heteroatoms. The predicted molar refractivity (Wildman–Crippen MR) is 122 cm³/mol. The lowest BCUT2D eigenvalue weighted by molar-refractivity contribution is -0.141. The summed E-state index contributed by atoms with van der Waals surface area (Å²) >= 11 is 5.17. The van der Waals surface area contributed by atoms with Gasteiger partial charge in [-0.1, -0.05) is 42.5 Å². The smallest absolute Gasteiger partial charge is 0.415 e.